The summed E-state index contributed by atoms with van der Waals surface area (Å²) in [6, 6.07) is 72.1. The summed E-state index contributed by atoms with van der Waals surface area (Å²) < 4.78 is 6.52. The summed E-state index contributed by atoms with van der Waals surface area (Å²) >= 11 is 0. The average Bonchev–Trinajstić information content (AvgIpc) is 3.74. The lowest BCUT2D eigenvalue weighted by molar-refractivity contribution is 0.669. The Morgan fingerprint density at radius 1 is 0.392 bits per heavy atom. The molecule has 1 aromatic heterocycles. The Labute approximate surface area is 297 Å². The monoisotopic (exact) mass is 651 g/mol. The van der Waals surface area contributed by atoms with E-state index in [0.29, 0.717) is 0 Å². The Morgan fingerprint density at radius 2 is 0.961 bits per heavy atom. The lowest BCUT2D eigenvalue weighted by Crippen LogP contribution is -2.28. The van der Waals surface area contributed by atoms with E-state index in [2.05, 4.69) is 193 Å². The van der Waals surface area contributed by atoms with Crippen LogP contribution in [0.15, 0.2) is 205 Å². The van der Waals surface area contributed by atoms with Crippen LogP contribution in [0.1, 0.15) is 22.3 Å². The minimum atomic E-state index is -0.431. The summed E-state index contributed by atoms with van der Waals surface area (Å²) in [6.45, 7) is 0. The minimum absolute atomic E-state index is 0.431. The third kappa shape index (κ3) is 4.50. The molecule has 0 fully saturated rings. The first kappa shape index (κ1) is 29.3. The summed E-state index contributed by atoms with van der Waals surface area (Å²) in [6.07, 6.45) is 0. The maximum Gasteiger partial charge on any atom is 0.159 e. The van der Waals surface area contributed by atoms with Gasteiger partial charge in [0.2, 0.25) is 0 Å². The lowest BCUT2D eigenvalue weighted by Gasteiger charge is -2.34. The van der Waals surface area contributed by atoms with Crippen molar-refractivity contribution in [2.75, 3.05) is 4.90 Å². The SMILES string of the molecule is c1ccc(N(c2ccc(-c3cccc(C4(c5ccccc5)c5ccccc5-c5ccccc54)c3)cc2)c2cccc3c2oc2ccccc23)cc1. The van der Waals surface area contributed by atoms with Crippen molar-refractivity contribution in [3.05, 3.63) is 222 Å². The van der Waals surface area contributed by atoms with Crippen molar-refractivity contribution in [3.8, 4) is 22.3 Å². The molecule has 240 valence electrons. The highest BCUT2D eigenvalue weighted by Gasteiger charge is 2.45. The summed E-state index contributed by atoms with van der Waals surface area (Å²) in [7, 11) is 0. The van der Waals surface area contributed by atoms with E-state index < -0.39 is 5.41 Å². The fraction of sp³-hybridized carbons (Fsp3) is 0.0204. The molecule has 2 nitrogen and oxygen atoms in total. The topological polar surface area (TPSA) is 16.4 Å². The number of hydrogen-bond donors (Lipinski definition) is 0. The van der Waals surface area contributed by atoms with Crippen LogP contribution in [0.25, 0.3) is 44.2 Å². The highest BCUT2D eigenvalue weighted by atomic mass is 16.3. The number of nitrogens with zero attached hydrogens (tertiary/aromatic N) is 1. The number of para-hydroxylation sites is 3. The Morgan fingerprint density at radius 3 is 1.71 bits per heavy atom. The van der Waals surface area contributed by atoms with Gasteiger partial charge in [-0.05, 0) is 87.0 Å². The molecule has 0 saturated carbocycles. The number of furan rings is 1. The molecule has 0 bridgehead atoms. The second kappa shape index (κ2) is 11.8. The van der Waals surface area contributed by atoms with Crippen LogP contribution in [-0.2, 0) is 5.41 Å². The third-order valence-electron chi connectivity index (χ3n) is 10.6. The van der Waals surface area contributed by atoms with E-state index in [1.807, 2.05) is 12.1 Å². The van der Waals surface area contributed by atoms with Crippen molar-refractivity contribution in [1.29, 1.82) is 0 Å². The molecule has 9 aromatic rings. The minimum Gasteiger partial charge on any atom is -0.454 e. The molecular weight excluding hydrogens is 619 g/mol. The first-order valence-electron chi connectivity index (χ1n) is 17.5. The highest BCUT2D eigenvalue weighted by Crippen LogP contribution is 2.56. The van der Waals surface area contributed by atoms with Gasteiger partial charge in [0.05, 0.1) is 11.1 Å². The molecule has 8 aromatic carbocycles. The second-order valence-corrected chi connectivity index (χ2v) is 13.3. The molecule has 0 unspecified atom stereocenters. The fourth-order valence-electron chi connectivity index (χ4n) is 8.36. The van der Waals surface area contributed by atoms with Crippen molar-refractivity contribution in [1.82, 2.24) is 0 Å². The van der Waals surface area contributed by atoms with Gasteiger partial charge < -0.3 is 9.32 Å². The molecule has 0 atom stereocenters. The standard InChI is InChI=1S/C49H33NO/c1-3-16-36(17-4-1)49(44-25-10-7-21-40(44)41-22-8-11-26-45(41)49)37-18-13-15-35(33-37)34-29-31-39(32-30-34)50(38-19-5-2-6-20-38)46-27-14-24-43-42-23-9-12-28-47(42)51-48(43)46/h1-33H. The van der Waals surface area contributed by atoms with Crippen molar-refractivity contribution in [2.24, 2.45) is 0 Å². The van der Waals surface area contributed by atoms with Crippen molar-refractivity contribution in [2.45, 2.75) is 5.41 Å². The number of benzene rings is 8. The van der Waals surface area contributed by atoms with E-state index in [1.165, 1.54) is 44.5 Å². The fourth-order valence-corrected chi connectivity index (χ4v) is 8.36. The van der Waals surface area contributed by atoms with E-state index in [4.69, 9.17) is 4.42 Å². The molecular formula is C49H33NO. The van der Waals surface area contributed by atoms with Crippen LogP contribution in [0.2, 0.25) is 0 Å². The normalized spacial score (nSPS) is 12.9. The van der Waals surface area contributed by atoms with E-state index in [1.54, 1.807) is 0 Å². The Hall–Kier alpha value is -6.64. The van der Waals surface area contributed by atoms with E-state index >= 15 is 0 Å². The van der Waals surface area contributed by atoms with Crippen molar-refractivity contribution < 1.29 is 4.42 Å². The zero-order valence-electron chi connectivity index (χ0n) is 27.9. The third-order valence-corrected chi connectivity index (χ3v) is 10.6. The molecule has 1 aliphatic rings. The van der Waals surface area contributed by atoms with Gasteiger partial charge in [0, 0.05) is 22.1 Å². The number of fused-ring (bicyclic) bond motifs is 6. The summed E-state index contributed by atoms with van der Waals surface area (Å²) in [5.74, 6) is 0. The molecule has 1 aliphatic carbocycles. The lowest BCUT2D eigenvalue weighted by atomic mass is 9.67. The van der Waals surface area contributed by atoms with Crippen LogP contribution in [0.4, 0.5) is 17.1 Å². The van der Waals surface area contributed by atoms with E-state index in [0.717, 1.165) is 39.0 Å². The first-order valence-corrected chi connectivity index (χ1v) is 17.5. The quantitative estimate of drug-likeness (QED) is 0.178. The second-order valence-electron chi connectivity index (χ2n) is 13.3. The Balaban J connectivity index is 1.11. The Bertz CT molecular complexity index is 2640. The van der Waals surface area contributed by atoms with Crippen LogP contribution in [0.3, 0.4) is 0 Å². The van der Waals surface area contributed by atoms with Gasteiger partial charge in [0.25, 0.3) is 0 Å². The molecule has 0 aliphatic heterocycles. The van der Waals surface area contributed by atoms with Gasteiger partial charge in [-0.2, -0.15) is 0 Å². The molecule has 0 spiro atoms. The molecule has 2 heteroatoms. The summed E-state index contributed by atoms with van der Waals surface area (Å²) in [5.41, 5.74) is 14.6. The maximum absolute atomic E-state index is 6.52. The van der Waals surface area contributed by atoms with Gasteiger partial charge in [-0.15, -0.1) is 0 Å². The Kier molecular flexibility index (Phi) is 6.75. The van der Waals surface area contributed by atoms with Crippen molar-refractivity contribution >= 4 is 39.0 Å². The number of rotatable bonds is 6. The van der Waals surface area contributed by atoms with Gasteiger partial charge in [0.15, 0.2) is 5.58 Å². The maximum atomic E-state index is 6.52. The molecule has 1 heterocycles. The van der Waals surface area contributed by atoms with Crippen LogP contribution < -0.4 is 4.90 Å². The van der Waals surface area contributed by atoms with E-state index in [-0.39, 0.29) is 0 Å². The zero-order valence-corrected chi connectivity index (χ0v) is 27.9. The average molecular weight is 652 g/mol. The predicted octanol–water partition coefficient (Wildman–Crippen LogP) is 13.1. The van der Waals surface area contributed by atoms with Gasteiger partial charge in [-0.3, -0.25) is 0 Å². The smallest absolute Gasteiger partial charge is 0.159 e. The summed E-state index contributed by atoms with van der Waals surface area (Å²) in [5, 5.41) is 2.23. The van der Waals surface area contributed by atoms with Crippen LogP contribution in [-0.4, -0.2) is 0 Å². The molecule has 0 amide bonds. The summed E-state index contributed by atoms with van der Waals surface area (Å²) in [4.78, 5) is 2.29. The van der Waals surface area contributed by atoms with E-state index in [9.17, 15) is 0 Å². The number of anilines is 3. The van der Waals surface area contributed by atoms with Gasteiger partial charge in [-0.1, -0.05) is 158 Å². The van der Waals surface area contributed by atoms with Crippen LogP contribution >= 0.6 is 0 Å². The zero-order chi connectivity index (χ0) is 33.8. The molecule has 10 rings (SSSR count). The molecule has 0 radical (unpaired) electrons. The van der Waals surface area contributed by atoms with Crippen molar-refractivity contribution in [3.63, 3.8) is 0 Å². The van der Waals surface area contributed by atoms with Crippen LogP contribution in [0.5, 0.6) is 0 Å². The van der Waals surface area contributed by atoms with Gasteiger partial charge >= 0.3 is 0 Å². The highest BCUT2D eigenvalue weighted by molar-refractivity contribution is 6.10. The predicted molar refractivity (Wildman–Crippen MR) is 211 cm³/mol. The van der Waals surface area contributed by atoms with Gasteiger partial charge in [-0.25, -0.2) is 0 Å². The van der Waals surface area contributed by atoms with Gasteiger partial charge in [0.1, 0.15) is 5.58 Å². The molecule has 0 saturated heterocycles. The molecule has 0 N–H and O–H groups in total. The number of hydrogen-bond acceptors (Lipinski definition) is 2. The first-order chi connectivity index (χ1) is 25.3. The largest absolute Gasteiger partial charge is 0.454 e. The molecule has 51 heavy (non-hydrogen) atoms. The van der Waals surface area contributed by atoms with Crippen LogP contribution in [0, 0.1) is 0 Å².